The van der Waals surface area contributed by atoms with Gasteiger partial charge in [0.25, 0.3) is 0 Å². The van der Waals surface area contributed by atoms with Crippen molar-refractivity contribution in [3.05, 3.63) is 46.2 Å². The fourth-order valence-corrected chi connectivity index (χ4v) is 1.89. The molecule has 2 rings (SSSR count). The van der Waals surface area contributed by atoms with Crippen molar-refractivity contribution < 1.29 is 4.39 Å². The first-order valence-electron chi connectivity index (χ1n) is 4.64. The van der Waals surface area contributed by atoms with Crippen molar-refractivity contribution in [3.8, 4) is 5.69 Å². The molecule has 78 valence electrons. The molecule has 0 bridgehead atoms. The number of hydrogen-bond acceptors (Lipinski definition) is 1. The number of aryl methyl sites for hydroxylation is 1. The number of nitrogens with one attached hydrogen (secondary N) is 1. The Hall–Kier alpha value is -1.42. The predicted octanol–water partition coefficient (Wildman–Crippen LogP) is 3.29. The first-order chi connectivity index (χ1) is 7.11. The Bertz CT molecular complexity index is 554. The number of aromatic nitrogens is 2. The Morgan fingerprint density at radius 3 is 2.67 bits per heavy atom. The summed E-state index contributed by atoms with van der Waals surface area (Å²) in [6.45, 7) is 3.68. The summed E-state index contributed by atoms with van der Waals surface area (Å²) in [6, 6.07) is 4.99. The normalized spacial score (nSPS) is 10.6. The van der Waals surface area contributed by atoms with Crippen molar-refractivity contribution >= 4 is 12.2 Å². The molecule has 0 aliphatic carbocycles. The number of benzene rings is 1. The molecule has 0 saturated heterocycles. The Kier molecular flexibility index (Phi) is 2.44. The maximum Gasteiger partial charge on any atom is 0.182 e. The second kappa shape index (κ2) is 3.62. The fraction of sp³-hybridized carbons (Fsp3) is 0.182. The van der Waals surface area contributed by atoms with E-state index >= 15 is 0 Å². The molecule has 0 fully saturated rings. The third-order valence-corrected chi connectivity index (χ3v) is 2.74. The minimum atomic E-state index is -0.213. The zero-order chi connectivity index (χ0) is 11.0. The van der Waals surface area contributed by atoms with E-state index in [1.54, 1.807) is 13.0 Å². The molecular formula is C11H11FN2S. The molecule has 2 nitrogen and oxygen atoms in total. The Morgan fingerprint density at radius 1 is 1.33 bits per heavy atom. The Balaban J connectivity index is 2.75. The second-order valence-corrected chi connectivity index (χ2v) is 3.84. The summed E-state index contributed by atoms with van der Waals surface area (Å²) in [4.78, 5) is 2.94. The van der Waals surface area contributed by atoms with Gasteiger partial charge in [0.1, 0.15) is 5.82 Å². The van der Waals surface area contributed by atoms with Crippen LogP contribution in [0.15, 0.2) is 24.4 Å². The van der Waals surface area contributed by atoms with Crippen molar-refractivity contribution in [2.75, 3.05) is 0 Å². The number of H-pyrrole nitrogens is 1. The average molecular weight is 222 g/mol. The molecule has 1 heterocycles. The summed E-state index contributed by atoms with van der Waals surface area (Å²) in [7, 11) is 0. The molecule has 0 radical (unpaired) electrons. The molecule has 4 heteroatoms. The van der Waals surface area contributed by atoms with Crippen LogP contribution in [-0.2, 0) is 0 Å². The molecule has 15 heavy (non-hydrogen) atoms. The third-order valence-electron chi connectivity index (χ3n) is 2.44. The highest BCUT2D eigenvalue weighted by atomic mass is 32.1. The lowest BCUT2D eigenvalue weighted by Crippen LogP contribution is -2.00. The van der Waals surface area contributed by atoms with Crippen LogP contribution in [-0.4, -0.2) is 9.55 Å². The highest BCUT2D eigenvalue weighted by Crippen LogP contribution is 2.18. The molecule has 2 aromatic rings. The van der Waals surface area contributed by atoms with Crippen LogP contribution < -0.4 is 0 Å². The van der Waals surface area contributed by atoms with Crippen molar-refractivity contribution in [2.45, 2.75) is 13.8 Å². The van der Waals surface area contributed by atoms with Crippen molar-refractivity contribution in [1.29, 1.82) is 0 Å². The van der Waals surface area contributed by atoms with E-state index in [0.717, 1.165) is 11.4 Å². The highest BCUT2D eigenvalue weighted by Gasteiger charge is 2.08. The molecule has 1 N–H and O–H groups in total. The van der Waals surface area contributed by atoms with Gasteiger partial charge < -0.3 is 4.98 Å². The standard InChI is InChI=1S/C11H11FN2S/c1-7-6-13-11(15)14(7)10-5-3-4-9(12)8(10)2/h3-6H,1-2H3,(H,13,15). The van der Waals surface area contributed by atoms with Crippen LogP contribution in [0.2, 0.25) is 0 Å². The first kappa shape index (κ1) is 10.1. The molecule has 1 aromatic heterocycles. The van der Waals surface area contributed by atoms with Crippen molar-refractivity contribution in [2.24, 2.45) is 0 Å². The largest absolute Gasteiger partial charge is 0.337 e. The lowest BCUT2D eigenvalue weighted by Gasteiger charge is -2.09. The van der Waals surface area contributed by atoms with E-state index in [9.17, 15) is 4.39 Å². The van der Waals surface area contributed by atoms with Crippen molar-refractivity contribution in [1.82, 2.24) is 9.55 Å². The fourth-order valence-electron chi connectivity index (χ4n) is 1.59. The molecule has 0 amide bonds. The van der Waals surface area contributed by atoms with E-state index in [1.807, 2.05) is 23.8 Å². The van der Waals surface area contributed by atoms with E-state index in [-0.39, 0.29) is 5.82 Å². The van der Waals surface area contributed by atoms with E-state index in [4.69, 9.17) is 12.2 Å². The first-order valence-corrected chi connectivity index (χ1v) is 5.04. The third kappa shape index (κ3) is 1.61. The molecule has 0 saturated carbocycles. The number of aromatic amines is 1. The van der Waals surface area contributed by atoms with E-state index in [1.165, 1.54) is 6.07 Å². The molecule has 1 aromatic carbocycles. The van der Waals surface area contributed by atoms with Gasteiger partial charge in [0.05, 0.1) is 5.69 Å². The topological polar surface area (TPSA) is 20.7 Å². The summed E-state index contributed by atoms with van der Waals surface area (Å²) in [6.07, 6.45) is 1.81. The van der Waals surface area contributed by atoms with Gasteiger partial charge in [0, 0.05) is 17.5 Å². The molecular weight excluding hydrogens is 211 g/mol. The van der Waals surface area contributed by atoms with Gasteiger partial charge in [-0.3, -0.25) is 4.57 Å². The summed E-state index contributed by atoms with van der Waals surface area (Å²) in [5.74, 6) is -0.213. The molecule has 0 aliphatic heterocycles. The van der Waals surface area contributed by atoms with Crippen LogP contribution in [0.4, 0.5) is 4.39 Å². The quantitative estimate of drug-likeness (QED) is 0.734. The maximum atomic E-state index is 13.4. The van der Waals surface area contributed by atoms with Gasteiger partial charge in [-0.25, -0.2) is 4.39 Å². The monoisotopic (exact) mass is 222 g/mol. The summed E-state index contributed by atoms with van der Waals surface area (Å²) < 4.78 is 15.8. The number of halogens is 1. The van der Waals surface area contributed by atoms with Crippen LogP contribution >= 0.6 is 12.2 Å². The van der Waals surface area contributed by atoms with Gasteiger partial charge in [-0.15, -0.1) is 0 Å². The van der Waals surface area contributed by atoms with Crippen molar-refractivity contribution in [3.63, 3.8) is 0 Å². The van der Waals surface area contributed by atoms with Gasteiger partial charge in [0.2, 0.25) is 0 Å². The van der Waals surface area contributed by atoms with E-state index in [2.05, 4.69) is 4.98 Å². The smallest absolute Gasteiger partial charge is 0.182 e. The Labute approximate surface area is 92.4 Å². The molecule has 0 spiro atoms. The van der Waals surface area contributed by atoms with Crippen LogP contribution in [0.25, 0.3) is 5.69 Å². The predicted molar refractivity (Wildman–Crippen MR) is 60.4 cm³/mol. The van der Waals surface area contributed by atoms with Gasteiger partial charge in [-0.2, -0.15) is 0 Å². The second-order valence-electron chi connectivity index (χ2n) is 3.45. The lowest BCUT2D eigenvalue weighted by molar-refractivity contribution is 0.616. The SMILES string of the molecule is Cc1c(F)cccc1-n1c(C)c[nH]c1=S. The number of rotatable bonds is 1. The van der Waals surface area contributed by atoms with E-state index in [0.29, 0.717) is 10.3 Å². The zero-order valence-electron chi connectivity index (χ0n) is 8.54. The summed E-state index contributed by atoms with van der Waals surface area (Å²) in [5, 5.41) is 0. The van der Waals surface area contributed by atoms with Gasteiger partial charge >= 0.3 is 0 Å². The highest BCUT2D eigenvalue weighted by molar-refractivity contribution is 7.71. The number of imidazole rings is 1. The number of nitrogens with zero attached hydrogens (tertiary/aromatic N) is 1. The van der Waals surface area contributed by atoms with Crippen LogP contribution in [0, 0.1) is 24.4 Å². The average Bonchev–Trinajstić information content (AvgIpc) is 2.52. The maximum absolute atomic E-state index is 13.4. The Morgan fingerprint density at radius 2 is 2.07 bits per heavy atom. The molecule has 0 unspecified atom stereocenters. The molecule has 0 atom stereocenters. The van der Waals surface area contributed by atoms with Crippen LogP contribution in [0.1, 0.15) is 11.3 Å². The lowest BCUT2D eigenvalue weighted by atomic mass is 10.2. The van der Waals surface area contributed by atoms with Gasteiger partial charge in [0.15, 0.2) is 4.77 Å². The zero-order valence-corrected chi connectivity index (χ0v) is 9.36. The number of hydrogen-bond donors (Lipinski definition) is 1. The van der Waals surface area contributed by atoms with Gasteiger partial charge in [-0.05, 0) is 38.2 Å². The van der Waals surface area contributed by atoms with Crippen LogP contribution in [0.5, 0.6) is 0 Å². The van der Waals surface area contributed by atoms with E-state index < -0.39 is 0 Å². The molecule has 0 aliphatic rings. The summed E-state index contributed by atoms with van der Waals surface area (Å²) >= 11 is 5.14. The minimum absolute atomic E-state index is 0.213. The summed E-state index contributed by atoms with van der Waals surface area (Å²) in [5.41, 5.74) is 2.36. The van der Waals surface area contributed by atoms with Gasteiger partial charge in [-0.1, -0.05) is 6.07 Å². The van der Waals surface area contributed by atoms with Crippen LogP contribution in [0.3, 0.4) is 0 Å². The minimum Gasteiger partial charge on any atom is -0.337 e.